The largest absolute Gasteiger partial charge is 0.303 e. The van der Waals surface area contributed by atoms with Crippen molar-refractivity contribution >= 4 is 0 Å². The molecule has 2 aromatic carbocycles. The van der Waals surface area contributed by atoms with Gasteiger partial charge in [0.15, 0.2) is 0 Å². The Hall–Kier alpha value is -1.75. The molecule has 3 atom stereocenters. The minimum atomic E-state index is -0.0754. The quantitative estimate of drug-likeness (QED) is 0.815. The highest BCUT2D eigenvalue weighted by atomic mass is 19.1. The number of benzene rings is 2. The predicted molar refractivity (Wildman–Crippen MR) is 108 cm³/mol. The van der Waals surface area contributed by atoms with Gasteiger partial charge < -0.3 is 4.90 Å². The second-order valence-corrected chi connectivity index (χ2v) is 7.97. The summed E-state index contributed by atoms with van der Waals surface area (Å²) >= 11 is 0. The number of nitrogens with one attached hydrogen (secondary N) is 2. The number of hydrazine groups is 1. The summed E-state index contributed by atoms with van der Waals surface area (Å²) < 4.78 is 14.3. The van der Waals surface area contributed by atoms with Crippen LogP contribution < -0.4 is 10.9 Å². The Morgan fingerprint density at radius 2 is 1.85 bits per heavy atom. The van der Waals surface area contributed by atoms with Crippen LogP contribution in [-0.2, 0) is 6.42 Å². The Morgan fingerprint density at radius 1 is 1.04 bits per heavy atom. The third-order valence-corrected chi connectivity index (χ3v) is 6.16. The highest BCUT2D eigenvalue weighted by Crippen LogP contribution is 2.32. The van der Waals surface area contributed by atoms with E-state index in [0.29, 0.717) is 12.0 Å². The first-order chi connectivity index (χ1) is 13.3. The van der Waals surface area contributed by atoms with Crippen LogP contribution in [0.3, 0.4) is 0 Å². The van der Waals surface area contributed by atoms with E-state index >= 15 is 0 Å². The number of hydrogen-bond donors (Lipinski definition) is 2. The first-order valence-corrected chi connectivity index (χ1v) is 10.3. The molecule has 2 saturated heterocycles. The van der Waals surface area contributed by atoms with Crippen LogP contribution in [0.2, 0.25) is 0 Å². The Labute approximate surface area is 161 Å². The molecule has 2 N–H and O–H groups in total. The molecule has 3 unspecified atom stereocenters. The Bertz CT molecular complexity index is 721. The van der Waals surface area contributed by atoms with Crippen molar-refractivity contribution in [2.45, 2.75) is 37.6 Å². The molecule has 0 radical (unpaired) electrons. The number of aryl methyl sites for hydroxylation is 1. The number of nitrogens with zero attached hydrogens (tertiary/aromatic N) is 1. The fourth-order valence-electron chi connectivity index (χ4n) is 4.78. The summed E-state index contributed by atoms with van der Waals surface area (Å²) in [6.45, 7) is 4.25. The van der Waals surface area contributed by atoms with Gasteiger partial charge in [-0.3, -0.25) is 10.9 Å². The van der Waals surface area contributed by atoms with Gasteiger partial charge in [-0.1, -0.05) is 48.5 Å². The zero-order valence-corrected chi connectivity index (χ0v) is 15.9. The van der Waals surface area contributed by atoms with Crippen molar-refractivity contribution in [3.63, 3.8) is 0 Å². The molecular formula is C23H30FN3. The topological polar surface area (TPSA) is 27.3 Å². The zero-order chi connectivity index (χ0) is 18.5. The van der Waals surface area contributed by atoms with Gasteiger partial charge in [-0.25, -0.2) is 4.39 Å². The molecule has 0 bridgehead atoms. The lowest BCUT2D eigenvalue weighted by molar-refractivity contribution is 0.144. The lowest BCUT2D eigenvalue weighted by Crippen LogP contribution is -2.46. The van der Waals surface area contributed by atoms with Crippen molar-refractivity contribution in [2.24, 2.45) is 5.92 Å². The molecular weight excluding hydrogens is 337 g/mol. The Balaban J connectivity index is 1.34. The minimum absolute atomic E-state index is 0.0754. The smallest absolute Gasteiger partial charge is 0.126 e. The maximum Gasteiger partial charge on any atom is 0.126 e. The minimum Gasteiger partial charge on any atom is -0.303 e. The molecule has 4 heteroatoms. The molecule has 0 amide bonds. The van der Waals surface area contributed by atoms with E-state index in [-0.39, 0.29) is 11.7 Å². The summed E-state index contributed by atoms with van der Waals surface area (Å²) in [5.41, 5.74) is 9.02. The number of piperidine rings is 1. The van der Waals surface area contributed by atoms with E-state index < -0.39 is 0 Å². The third kappa shape index (κ3) is 4.57. The first kappa shape index (κ1) is 18.6. The lowest BCUT2D eigenvalue weighted by atomic mass is 9.81. The zero-order valence-electron chi connectivity index (χ0n) is 15.9. The van der Waals surface area contributed by atoms with Crippen molar-refractivity contribution in [3.8, 4) is 0 Å². The summed E-state index contributed by atoms with van der Waals surface area (Å²) in [6.07, 6.45) is 4.80. The maximum atomic E-state index is 14.3. The van der Waals surface area contributed by atoms with Crippen molar-refractivity contribution in [3.05, 3.63) is 71.5 Å². The van der Waals surface area contributed by atoms with Crippen molar-refractivity contribution in [1.29, 1.82) is 0 Å². The number of rotatable bonds is 6. The monoisotopic (exact) mass is 367 g/mol. The van der Waals surface area contributed by atoms with E-state index in [1.165, 1.54) is 31.4 Å². The van der Waals surface area contributed by atoms with Crippen molar-refractivity contribution in [1.82, 2.24) is 15.8 Å². The number of likely N-dealkylation sites (tertiary alicyclic amines) is 1. The van der Waals surface area contributed by atoms with E-state index in [4.69, 9.17) is 0 Å². The highest BCUT2D eigenvalue weighted by molar-refractivity contribution is 5.25. The van der Waals surface area contributed by atoms with Gasteiger partial charge >= 0.3 is 0 Å². The molecule has 2 heterocycles. The van der Waals surface area contributed by atoms with Gasteiger partial charge in [0.25, 0.3) is 0 Å². The summed E-state index contributed by atoms with van der Waals surface area (Å²) in [7, 11) is 0. The molecule has 27 heavy (non-hydrogen) atoms. The fraction of sp³-hybridized carbons (Fsp3) is 0.478. The van der Waals surface area contributed by atoms with Crippen LogP contribution in [0.5, 0.6) is 0 Å². The third-order valence-electron chi connectivity index (χ3n) is 6.16. The summed E-state index contributed by atoms with van der Waals surface area (Å²) in [4.78, 5) is 2.61. The normalized spacial score (nSPS) is 26.3. The molecule has 3 nitrogen and oxygen atoms in total. The van der Waals surface area contributed by atoms with E-state index in [9.17, 15) is 4.39 Å². The molecule has 0 spiro atoms. The lowest BCUT2D eigenvalue weighted by Gasteiger charge is -2.37. The van der Waals surface area contributed by atoms with Crippen LogP contribution in [0, 0.1) is 11.7 Å². The van der Waals surface area contributed by atoms with Gasteiger partial charge in [-0.15, -0.1) is 0 Å². The van der Waals surface area contributed by atoms with Crippen molar-refractivity contribution < 1.29 is 4.39 Å². The van der Waals surface area contributed by atoms with Crippen LogP contribution in [0.1, 0.15) is 36.3 Å². The van der Waals surface area contributed by atoms with Crippen LogP contribution in [-0.4, -0.2) is 37.1 Å². The second kappa shape index (κ2) is 8.96. The van der Waals surface area contributed by atoms with E-state index in [1.807, 2.05) is 12.1 Å². The standard InChI is InChI=1S/C23H30FN3/c24-22-13-5-4-12-20(22)21-16-25-26-23(21)19-11-7-15-27(17-19)14-6-10-18-8-2-1-3-9-18/h1-5,8-9,12-13,19,21,23,25-26H,6-7,10-11,14-17H2. The van der Waals surface area contributed by atoms with Crippen LogP contribution in [0.15, 0.2) is 54.6 Å². The summed E-state index contributed by atoms with van der Waals surface area (Å²) in [5, 5.41) is 0. The van der Waals surface area contributed by atoms with Crippen LogP contribution in [0.25, 0.3) is 0 Å². The molecule has 0 aromatic heterocycles. The Morgan fingerprint density at radius 3 is 2.70 bits per heavy atom. The first-order valence-electron chi connectivity index (χ1n) is 10.3. The van der Waals surface area contributed by atoms with Crippen LogP contribution >= 0.6 is 0 Å². The average molecular weight is 368 g/mol. The van der Waals surface area contributed by atoms with Gasteiger partial charge in [-0.2, -0.15) is 0 Å². The fourth-order valence-corrected chi connectivity index (χ4v) is 4.78. The van der Waals surface area contributed by atoms with Gasteiger partial charge in [0.2, 0.25) is 0 Å². The van der Waals surface area contributed by atoms with Crippen LogP contribution in [0.4, 0.5) is 4.39 Å². The van der Waals surface area contributed by atoms with E-state index in [0.717, 1.165) is 31.6 Å². The molecule has 2 aromatic rings. The van der Waals surface area contributed by atoms with Gasteiger partial charge in [-0.05, 0) is 61.9 Å². The molecule has 4 rings (SSSR count). The molecule has 2 aliphatic heterocycles. The number of halogens is 1. The number of hydrogen-bond acceptors (Lipinski definition) is 3. The second-order valence-electron chi connectivity index (χ2n) is 7.97. The van der Waals surface area contributed by atoms with Gasteiger partial charge in [0.05, 0.1) is 0 Å². The average Bonchev–Trinajstić information content (AvgIpc) is 3.19. The summed E-state index contributed by atoms with van der Waals surface area (Å²) in [5.74, 6) is 0.698. The van der Waals surface area contributed by atoms with E-state index in [1.54, 1.807) is 12.1 Å². The summed E-state index contributed by atoms with van der Waals surface area (Å²) in [6, 6.07) is 18.3. The molecule has 2 fully saturated rings. The molecule has 144 valence electrons. The highest BCUT2D eigenvalue weighted by Gasteiger charge is 2.37. The van der Waals surface area contributed by atoms with Gasteiger partial charge in [0.1, 0.15) is 5.82 Å². The molecule has 0 saturated carbocycles. The SMILES string of the molecule is Fc1ccccc1C1CNNC1C1CCCN(CCCc2ccccc2)C1. The van der Waals surface area contributed by atoms with Crippen molar-refractivity contribution in [2.75, 3.05) is 26.2 Å². The van der Waals surface area contributed by atoms with Gasteiger partial charge in [0, 0.05) is 25.0 Å². The predicted octanol–water partition coefficient (Wildman–Crippen LogP) is 3.73. The molecule has 0 aliphatic carbocycles. The Kier molecular flexibility index (Phi) is 6.17. The maximum absolute atomic E-state index is 14.3. The van der Waals surface area contributed by atoms with E-state index in [2.05, 4.69) is 46.1 Å². The molecule has 2 aliphatic rings.